The molecule has 1 fully saturated rings. The predicted octanol–water partition coefficient (Wildman–Crippen LogP) is 2.18. The summed E-state index contributed by atoms with van der Waals surface area (Å²) < 4.78 is 0. The first kappa shape index (κ1) is 15.9. The Hall–Kier alpha value is -0.120. The molecule has 1 aliphatic heterocycles. The molecule has 0 aromatic rings. The molecule has 1 N–H and O–H groups in total. The summed E-state index contributed by atoms with van der Waals surface area (Å²) in [5.74, 6) is 0. The van der Waals surface area contributed by atoms with Crippen LogP contribution >= 0.6 is 0 Å². The van der Waals surface area contributed by atoms with Gasteiger partial charge in [-0.05, 0) is 66.3 Å². The van der Waals surface area contributed by atoms with Crippen LogP contribution in [0.2, 0.25) is 0 Å². The van der Waals surface area contributed by atoms with Crippen molar-refractivity contribution in [3.8, 4) is 0 Å². The average Bonchev–Trinajstić information content (AvgIpc) is 2.38. The highest BCUT2D eigenvalue weighted by Crippen LogP contribution is 2.18. The summed E-state index contributed by atoms with van der Waals surface area (Å²) in [6.45, 7) is 14.0. The smallest absolute Gasteiger partial charge is 0.0119 e. The molecular formula is C15H33N3. The molecule has 1 aliphatic rings. The molecule has 18 heavy (non-hydrogen) atoms. The number of nitrogens with zero attached hydrogens (tertiary/aromatic N) is 2. The summed E-state index contributed by atoms with van der Waals surface area (Å²) in [6.07, 6.45) is 3.92. The Labute approximate surface area is 114 Å². The van der Waals surface area contributed by atoms with Crippen LogP contribution in [0.4, 0.5) is 0 Å². The van der Waals surface area contributed by atoms with E-state index < -0.39 is 0 Å². The maximum absolute atomic E-state index is 3.52. The molecule has 0 radical (unpaired) electrons. The van der Waals surface area contributed by atoms with Gasteiger partial charge in [0.2, 0.25) is 0 Å². The van der Waals surface area contributed by atoms with E-state index in [0.717, 1.165) is 12.6 Å². The van der Waals surface area contributed by atoms with Gasteiger partial charge in [0, 0.05) is 18.1 Å². The van der Waals surface area contributed by atoms with E-state index in [1.54, 1.807) is 0 Å². The van der Waals surface area contributed by atoms with E-state index in [-0.39, 0.29) is 0 Å². The van der Waals surface area contributed by atoms with Crippen LogP contribution in [0, 0.1) is 0 Å². The predicted molar refractivity (Wildman–Crippen MR) is 80.1 cm³/mol. The lowest BCUT2D eigenvalue weighted by Gasteiger charge is -2.39. The Bertz CT molecular complexity index is 212. The molecule has 0 aromatic carbocycles. The molecule has 108 valence electrons. The first-order valence-corrected chi connectivity index (χ1v) is 7.76. The Kier molecular flexibility index (Phi) is 7.20. The minimum atomic E-state index is 0.628. The molecule has 0 aliphatic carbocycles. The normalized spacial score (nSPS) is 22.3. The molecule has 1 heterocycles. The maximum atomic E-state index is 3.52. The molecule has 0 aromatic heterocycles. The van der Waals surface area contributed by atoms with Gasteiger partial charge in [-0.15, -0.1) is 0 Å². The van der Waals surface area contributed by atoms with Crippen molar-refractivity contribution in [2.75, 3.05) is 33.2 Å². The van der Waals surface area contributed by atoms with Crippen molar-refractivity contribution < 1.29 is 0 Å². The summed E-state index contributed by atoms with van der Waals surface area (Å²) in [4.78, 5) is 5.18. The zero-order valence-electron chi connectivity index (χ0n) is 13.1. The Morgan fingerprint density at radius 2 is 1.83 bits per heavy atom. The number of nitrogens with one attached hydrogen (secondary N) is 1. The number of hydrogen-bond acceptors (Lipinski definition) is 3. The molecular weight excluding hydrogens is 222 g/mol. The Balaban J connectivity index is 2.32. The van der Waals surface area contributed by atoms with Gasteiger partial charge in [0.15, 0.2) is 0 Å². The van der Waals surface area contributed by atoms with Crippen LogP contribution in [0.25, 0.3) is 0 Å². The van der Waals surface area contributed by atoms with Crippen LogP contribution in [0.3, 0.4) is 0 Å². The lowest BCUT2D eigenvalue weighted by Crippen LogP contribution is -2.47. The second kappa shape index (κ2) is 8.13. The minimum absolute atomic E-state index is 0.628. The summed E-state index contributed by atoms with van der Waals surface area (Å²) in [5, 5.41) is 3.52. The molecule has 2 unspecified atom stereocenters. The Morgan fingerprint density at radius 1 is 1.22 bits per heavy atom. The van der Waals surface area contributed by atoms with Crippen molar-refractivity contribution in [2.45, 2.75) is 65.1 Å². The van der Waals surface area contributed by atoms with Gasteiger partial charge in [0.05, 0.1) is 0 Å². The molecule has 2 atom stereocenters. The summed E-state index contributed by atoms with van der Waals surface area (Å²) >= 11 is 0. The zero-order chi connectivity index (χ0) is 13.5. The van der Waals surface area contributed by atoms with E-state index in [0.29, 0.717) is 12.1 Å². The van der Waals surface area contributed by atoms with Crippen LogP contribution < -0.4 is 5.32 Å². The van der Waals surface area contributed by atoms with Crippen LogP contribution in [0.1, 0.15) is 47.0 Å². The SMILES string of the molecule is CCNC(C)CC(C)N(C)C1CCN(CC)CC1. The Morgan fingerprint density at radius 3 is 2.33 bits per heavy atom. The summed E-state index contributed by atoms with van der Waals surface area (Å²) in [5.41, 5.74) is 0. The van der Waals surface area contributed by atoms with Crippen LogP contribution in [0.5, 0.6) is 0 Å². The molecule has 0 bridgehead atoms. The largest absolute Gasteiger partial charge is 0.314 e. The number of piperidine rings is 1. The lowest BCUT2D eigenvalue weighted by molar-refractivity contribution is 0.0975. The second-order valence-electron chi connectivity index (χ2n) is 5.87. The molecule has 0 amide bonds. The lowest BCUT2D eigenvalue weighted by atomic mass is 10.00. The maximum Gasteiger partial charge on any atom is 0.0119 e. The fourth-order valence-corrected chi connectivity index (χ4v) is 3.11. The summed E-state index contributed by atoms with van der Waals surface area (Å²) in [6, 6.07) is 2.09. The van der Waals surface area contributed by atoms with Gasteiger partial charge in [-0.2, -0.15) is 0 Å². The van der Waals surface area contributed by atoms with Gasteiger partial charge in [0.25, 0.3) is 0 Å². The van der Waals surface area contributed by atoms with Gasteiger partial charge in [-0.1, -0.05) is 13.8 Å². The van der Waals surface area contributed by atoms with Crippen molar-refractivity contribution in [3.05, 3.63) is 0 Å². The van der Waals surface area contributed by atoms with Crippen LogP contribution in [-0.2, 0) is 0 Å². The highest BCUT2D eigenvalue weighted by Gasteiger charge is 2.25. The van der Waals surface area contributed by atoms with Crippen molar-refractivity contribution in [2.24, 2.45) is 0 Å². The molecule has 3 nitrogen and oxygen atoms in total. The third-order valence-corrected chi connectivity index (χ3v) is 4.52. The summed E-state index contributed by atoms with van der Waals surface area (Å²) in [7, 11) is 2.32. The standard InChI is InChI=1S/C15H33N3/c1-6-16-13(3)12-14(4)17(5)15-8-10-18(7-2)11-9-15/h13-16H,6-12H2,1-5H3. The number of likely N-dealkylation sites (tertiary alicyclic amines) is 1. The van der Waals surface area contributed by atoms with Crippen molar-refractivity contribution in [1.82, 2.24) is 15.1 Å². The van der Waals surface area contributed by atoms with Crippen LogP contribution in [0.15, 0.2) is 0 Å². The first-order chi connectivity index (χ1) is 8.58. The molecule has 3 heteroatoms. The highest BCUT2D eigenvalue weighted by atomic mass is 15.2. The third kappa shape index (κ3) is 4.87. The first-order valence-electron chi connectivity index (χ1n) is 7.76. The highest BCUT2D eigenvalue weighted by molar-refractivity contribution is 4.81. The molecule has 0 spiro atoms. The van der Waals surface area contributed by atoms with Gasteiger partial charge >= 0.3 is 0 Å². The number of hydrogen-bond donors (Lipinski definition) is 1. The van der Waals surface area contributed by atoms with Crippen LogP contribution in [-0.4, -0.2) is 61.2 Å². The van der Waals surface area contributed by atoms with Gasteiger partial charge < -0.3 is 15.1 Å². The van der Waals surface area contributed by atoms with Gasteiger partial charge in [-0.3, -0.25) is 0 Å². The molecule has 0 saturated carbocycles. The molecule has 1 rings (SSSR count). The van der Waals surface area contributed by atoms with E-state index in [9.17, 15) is 0 Å². The number of rotatable bonds is 7. The van der Waals surface area contributed by atoms with E-state index in [4.69, 9.17) is 0 Å². The second-order valence-corrected chi connectivity index (χ2v) is 5.87. The van der Waals surface area contributed by atoms with Gasteiger partial charge in [-0.25, -0.2) is 0 Å². The fraction of sp³-hybridized carbons (Fsp3) is 1.00. The van der Waals surface area contributed by atoms with E-state index in [1.807, 2.05) is 0 Å². The minimum Gasteiger partial charge on any atom is -0.314 e. The average molecular weight is 255 g/mol. The zero-order valence-corrected chi connectivity index (χ0v) is 13.1. The van der Waals surface area contributed by atoms with E-state index in [2.05, 4.69) is 49.9 Å². The molecule has 1 saturated heterocycles. The van der Waals surface area contributed by atoms with Crippen molar-refractivity contribution >= 4 is 0 Å². The van der Waals surface area contributed by atoms with Crippen molar-refractivity contribution in [1.29, 1.82) is 0 Å². The fourth-order valence-electron chi connectivity index (χ4n) is 3.11. The monoisotopic (exact) mass is 255 g/mol. The van der Waals surface area contributed by atoms with E-state index >= 15 is 0 Å². The third-order valence-electron chi connectivity index (χ3n) is 4.52. The van der Waals surface area contributed by atoms with E-state index in [1.165, 1.54) is 38.9 Å². The topological polar surface area (TPSA) is 18.5 Å². The van der Waals surface area contributed by atoms with Crippen molar-refractivity contribution in [3.63, 3.8) is 0 Å². The quantitative estimate of drug-likeness (QED) is 0.752. The van der Waals surface area contributed by atoms with Gasteiger partial charge in [0.1, 0.15) is 0 Å².